The Hall–Kier alpha value is -4.14. The lowest BCUT2D eigenvalue weighted by Gasteiger charge is -2.11. The second-order valence-corrected chi connectivity index (χ2v) is 8.88. The van der Waals surface area contributed by atoms with Gasteiger partial charge in [-0.2, -0.15) is 10.2 Å². The van der Waals surface area contributed by atoms with E-state index in [1.807, 2.05) is 45.9 Å². The fourth-order valence-electron chi connectivity index (χ4n) is 4.10. The predicted octanol–water partition coefficient (Wildman–Crippen LogP) is 4.05. The molecule has 0 unspecified atom stereocenters. The maximum atomic E-state index is 13.2. The fourth-order valence-corrected chi connectivity index (χ4v) is 4.10. The van der Waals surface area contributed by atoms with Gasteiger partial charge >= 0.3 is 5.69 Å². The van der Waals surface area contributed by atoms with Crippen LogP contribution in [-0.4, -0.2) is 29.1 Å². The van der Waals surface area contributed by atoms with Gasteiger partial charge in [-0.3, -0.25) is 19.0 Å². The van der Waals surface area contributed by atoms with Gasteiger partial charge in [-0.05, 0) is 36.5 Å². The van der Waals surface area contributed by atoms with Gasteiger partial charge in [0, 0.05) is 25.9 Å². The fraction of sp³-hybridized carbons (Fsp3) is 0.308. The molecule has 3 heterocycles. The third-order valence-corrected chi connectivity index (χ3v) is 5.80. The summed E-state index contributed by atoms with van der Waals surface area (Å²) in [5, 5.41) is 15.3. The molecule has 0 fully saturated rings. The smallest absolute Gasteiger partial charge is 0.323 e. The molecule has 9 heteroatoms. The maximum Gasteiger partial charge on any atom is 0.332 e. The zero-order valence-electron chi connectivity index (χ0n) is 20.7. The molecule has 0 spiro atoms. The van der Waals surface area contributed by atoms with Crippen LogP contribution in [0, 0.1) is 5.92 Å². The van der Waals surface area contributed by atoms with Crippen LogP contribution in [0.5, 0.6) is 0 Å². The summed E-state index contributed by atoms with van der Waals surface area (Å²) in [5.74, 6) is 1.25. The molecule has 0 bridgehead atoms. The van der Waals surface area contributed by atoms with Gasteiger partial charge in [0.2, 0.25) is 0 Å². The molecule has 0 saturated heterocycles. The van der Waals surface area contributed by atoms with Crippen LogP contribution >= 0.6 is 0 Å². The Kier molecular flexibility index (Phi) is 6.86. The van der Waals surface area contributed by atoms with E-state index in [1.165, 1.54) is 7.05 Å². The molecule has 0 aliphatic rings. The average Bonchev–Trinajstić information content (AvgIpc) is 3.48. The minimum atomic E-state index is -0.395. The van der Waals surface area contributed by atoms with E-state index in [1.54, 1.807) is 21.5 Å². The summed E-state index contributed by atoms with van der Waals surface area (Å²) in [4.78, 5) is 26.2. The third-order valence-electron chi connectivity index (χ3n) is 5.80. The molecule has 0 aliphatic heterocycles. The van der Waals surface area contributed by atoms with Gasteiger partial charge in [0.05, 0.1) is 6.54 Å². The van der Waals surface area contributed by atoms with Crippen LogP contribution in [0.1, 0.15) is 38.8 Å². The van der Waals surface area contributed by atoms with Gasteiger partial charge in [-0.1, -0.05) is 56.3 Å². The highest BCUT2D eigenvalue weighted by Crippen LogP contribution is 2.25. The molecule has 0 aliphatic carbocycles. The van der Waals surface area contributed by atoms with Crippen LogP contribution < -0.4 is 16.6 Å². The quantitative estimate of drug-likeness (QED) is 0.376. The summed E-state index contributed by atoms with van der Waals surface area (Å²) in [6.45, 7) is 8.93. The summed E-state index contributed by atoms with van der Waals surface area (Å²) >= 11 is 0. The number of nitrogens with one attached hydrogen (secondary N) is 2. The molecular weight excluding hydrogens is 442 g/mol. The first-order chi connectivity index (χ1) is 16.8. The minimum Gasteiger partial charge on any atom is -0.323 e. The van der Waals surface area contributed by atoms with Crippen LogP contribution in [-0.2, 0) is 20.1 Å². The number of rotatable bonds is 8. The van der Waals surface area contributed by atoms with E-state index < -0.39 is 5.56 Å². The molecule has 0 radical (unpaired) electrons. The standard InChI is InChI=1S/C26H31N7O2/c1-6-8-19(7-2)20-11-9-18(10-12-20)16-33-23(28-21-13-14-27-29-21)22-24(30-33)32(15-17(3)4)26(35)31(5)25(22)34/h6-14,17H,15-16H2,1-5H3,(H2,27,28,29)/b8-6-,19-7+. The molecule has 4 aromatic rings. The van der Waals surface area contributed by atoms with Gasteiger partial charge < -0.3 is 5.32 Å². The normalized spacial score (nSPS) is 12.3. The number of nitrogens with zero attached hydrogens (tertiary/aromatic N) is 5. The van der Waals surface area contributed by atoms with Gasteiger partial charge in [0.25, 0.3) is 5.56 Å². The van der Waals surface area contributed by atoms with Gasteiger partial charge in [-0.15, -0.1) is 0 Å². The number of benzene rings is 1. The number of aromatic amines is 1. The number of fused-ring (bicyclic) bond motifs is 1. The van der Waals surface area contributed by atoms with Gasteiger partial charge in [0.15, 0.2) is 11.5 Å². The molecule has 0 atom stereocenters. The lowest BCUT2D eigenvalue weighted by molar-refractivity contribution is 0.498. The highest BCUT2D eigenvalue weighted by atomic mass is 16.2. The second kappa shape index (κ2) is 10.0. The van der Waals surface area contributed by atoms with Crippen molar-refractivity contribution in [3.8, 4) is 0 Å². The van der Waals surface area contributed by atoms with Crippen molar-refractivity contribution in [2.75, 3.05) is 5.32 Å². The van der Waals surface area contributed by atoms with Crippen molar-refractivity contribution in [3.05, 3.63) is 86.7 Å². The van der Waals surface area contributed by atoms with E-state index in [0.29, 0.717) is 35.8 Å². The number of anilines is 2. The Morgan fingerprint density at radius 3 is 2.49 bits per heavy atom. The highest BCUT2D eigenvalue weighted by molar-refractivity contribution is 5.88. The Bertz CT molecular complexity index is 1500. The molecule has 1 aromatic carbocycles. The van der Waals surface area contributed by atoms with E-state index in [2.05, 4.69) is 39.8 Å². The van der Waals surface area contributed by atoms with E-state index in [4.69, 9.17) is 5.10 Å². The number of allylic oxidation sites excluding steroid dienone is 4. The molecule has 0 saturated carbocycles. The lowest BCUT2D eigenvalue weighted by atomic mass is 10.0. The van der Waals surface area contributed by atoms with Crippen molar-refractivity contribution < 1.29 is 0 Å². The van der Waals surface area contributed by atoms with Crippen molar-refractivity contribution in [2.45, 2.75) is 40.8 Å². The van der Waals surface area contributed by atoms with Crippen LogP contribution in [0.25, 0.3) is 16.6 Å². The average molecular weight is 474 g/mol. The number of H-pyrrole nitrogens is 1. The number of aromatic nitrogens is 6. The monoisotopic (exact) mass is 473 g/mol. The summed E-state index contributed by atoms with van der Waals surface area (Å²) in [5.41, 5.74) is 2.87. The summed E-state index contributed by atoms with van der Waals surface area (Å²) in [6, 6.07) is 10.0. The topological polar surface area (TPSA) is 103 Å². The minimum absolute atomic E-state index is 0.201. The number of hydrogen-bond acceptors (Lipinski definition) is 5. The summed E-state index contributed by atoms with van der Waals surface area (Å²) in [6.07, 6.45) is 7.86. The first kappa shape index (κ1) is 24.0. The molecule has 182 valence electrons. The zero-order valence-corrected chi connectivity index (χ0v) is 20.7. The number of hydrogen-bond donors (Lipinski definition) is 2. The van der Waals surface area contributed by atoms with E-state index in [0.717, 1.165) is 21.3 Å². The molecule has 3 aromatic heterocycles. The van der Waals surface area contributed by atoms with E-state index >= 15 is 0 Å². The predicted molar refractivity (Wildman–Crippen MR) is 140 cm³/mol. The lowest BCUT2D eigenvalue weighted by Crippen LogP contribution is -2.38. The molecule has 9 nitrogen and oxygen atoms in total. The van der Waals surface area contributed by atoms with Gasteiger partial charge in [-0.25, -0.2) is 9.48 Å². The van der Waals surface area contributed by atoms with Crippen molar-refractivity contribution in [1.29, 1.82) is 0 Å². The SMILES string of the molecule is C/C=C\C(=C/C)c1ccc(Cn2nc3c(c2Nc2cc[nH]n2)c(=O)n(C)c(=O)n3CC(C)C)cc1. The van der Waals surface area contributed by atoms with Crippen LogP contribution in [0.4, 0.5) is 11.6 Å². The van der Waals surface area contributed by atoms with E-state index in [-0.39, 0.29) is 11.6 Å². The van der Waals surface area contributed by atoms with Crippen molar-refractivity contribution in [3.63, 3.8) is 0 Å². The van der Waals surface area contributed by atoms with Crippen molar-refractivity contribution in [2.24, 2.45) is 13.0 Å². The zero-order chi connectivity index (χ0) is 25.1. The molecule has 4 rings (SSSR count). The van der Waals surface area contributed by atoms with Crippen molar-refractivity contribution >= 4 is 28.2 Å². The maximum absolute atomic E-state index is 13.2. The Morgan fingerprint density at radius 2 is 1.89 bits per heavy atom. The first-order valence-corrected chi connectivity index (χ1v) is 11.7. The van der Waals surface area contributed by atoms with Crippen LogP contribution in [0.3, 0.4) is 0 Å². The Labute approximate surface area is 203 Å². The third kappa shape index (κ3) is 4.75. The first-order valence-electron chi connectivity index (χ1n) is 11.7. The van der Waals surface area contributed by atoms with Crippen molar-refractivity contribution in [1.82, 2.24) is 29.1 Å². The Morgan fingerprint density at radius 1 is 1.14 bits per heavy atom. The Balaban J connectivity index is 1.86. The largest absolute Gasteiger partial charge is 0.332 e. The van der Waals surface area contributed by atoms with Gasteiger partial charge in [0.1, 0.15) is 11.2 Å². The summed E-state index contributed by atoms with van der Waals surface area (Å²) in [7, 11) is 1.50. The molecular formula is C26H31N7O2. The molecule has 2 N–H and O–H groups in total. The van der Waals surface area contributed by atoms with E-state index in [9.17, 15) is 9.59 Å². The molecule has 0 amide bonds. The molecule has 35 heavy (non-hydrogen) atoms. The second-order valence-electron chi connectivity index (χ2n) is 8.88. The highest BCUT2D eigenvalue weighted by Gasteiger charge is 2.22. The van der Waals surface area contributed by atoms with Crippen LogP contribution in [0.2, 0.25) is 0 Å². The van der Waals surface area contributed by atoms with Crippen LogP contribution in [0.15, 0.2) is 64.3 Å². The summed E-state index contributed by atoms with van der Waals surface area (Å²) < 4.78 is 4.45.